The summed E-state index contributed by atoms with van der Waals surface area (Å²) in [6.07, 6.45) is 4.36. The van der Waals surface area contributed by atoms with Crippen LogP contribution in [0, 0.1) is 0 Å². The molecule has 0 spiro atoms. The maximum absolute atomic E-state index is 12.5. The average Bonchev–Trinajstić information content (AvgIpc) is 3.26. The molecule has 124 valence electrons. The molecule has 0 aromatic carbocycles. The van der Waals surface area contributed by atoms with Crippen LogP contribution < -0.4 is 0 Å². The Morgan fingerprint density at radius 2 is 1.95 bits per heavy atom. The second kappa shape index (κ2) is 5.64. The lowest BCUT2D eigenvalue weighted by atomic mass is 10.00. The second-order valence-electron chi connectivity index (χ2n) is 6.63. The minimum absolute atomic E-state index is 0.0456. The van der Waals surface area contributed by atoms with Gasteiger partial charge >= 0.3 is 0 Å². The number of nitrogens with zero attached hydrogens (tertiary/aromatic N) is 3. The van der Waals surface area contributed by atoms with E-state index in [1.54, 1.807) is 11.4 Å². The summed E-state index contributed by atoms with van der Waals surface area (Å²) < 4.78 is 26.7. The zero-order valence-corrected chi connectivity index (χ0v) is 14.9. The van der Waals surface area contributed by atoms with Gasteiger partial charge in [0.25, 0.3) is 0 Å². The quantitative estimate of drug-likeness (QED) is 0.780. The van der Waals surface area contributed by atoms with Crippen molar-refractivity contribution in [1.29, 1.82) is 0 Å². The third kappa shape index (κ3) is 2.50. The molecule has 22 heavy (non-hydrogen) atoms. The molecule has 6 heteroatoms. The van der Waals surface area contributed by atoms with E-state index < -0.39 is 10.0 Å². The topological polar surface area (TPSA) is 53.0 Å². The van der Waals surface area contributed by atoms with Crippen LogP contribution in [0.5, 0.6) is 0 Å². The SMILES string of the molecule is CCC1=N[C@@H](C)C(CC)=C2C[C@H](N(C)S(=O)(=O)C3CC3)CN12. The normalized spacial score (nSPS) is 29.1. The van der Waals surface area contributed by atoms with Crippen LogP contribution in [-0.4, -0.2) is 54.4 Å². The Balaban J connectivity index is 1.88. The van der Waals surface area contributed by atoms with Crippen LogP contribution in [0.15, 0.2) is 16.3 Å². The summed E-state index contributed by atoms with van der Waals surface area (Å²) in [5, 5.41) is -0.131. The zero-order valence-electron chi connectivity index (χ0n) is 14.0. The number of hydrogen-bond donors (Lipinski definition) is 0. The first-order chi connectivity index (χ1) is 10.4. The van der Waals surface area contributed by atoms with Crippen molar-refractivity contribution in [2.24, 2.45) is 4.99 Å². The summed E-state index contributed by atoms with van der Waals surface area (Å²) in [7, 11) is -1.35. The van der Waals surface area contributed by atoms with E-state index >= 15 is 0 Å². The molecule has 0 N–H and O–H groups in total. The third-order valence-electron chi connectivity index (χ3n) is 5.24. The smallest absolute Gasteiger partial charge is 0.217 e. The van der Waals surface area contributed by atoms with Gasteiger partial charge in [-0.2, -0.15) is 4.31 Å². The van der Waals surface area contributed by atoms with Crippen LogP contribution in [0.2, 0.25) is 0 Å². The summed E-state index contributed by atoms with van der Waals surface area (Å²) in [5.74, 6) is 1.11. The van der Waals surface area contributed by atoms with E-state index in [4.69, 9.17) is 4.99 Å². The molecule has 0 aromatic rings. The largest absolute Gasteiger partial charge is 0.332 e. The summed E-state index contributed by atoms with van der Waals surface area (Å²) in [6, 6.07) is 0.277. The highest BCUT2D eigenvalue weighted by molar-refractivity contribution is 7.90. The summed E-state index contributed by atoms with van der Waals surface area (Å²) in [5.41, 5.74) is 2.70. The molecule has 2 fully saturated rings. The summed E-state index contributed by atoms with van der Waals surface area (Å²) >= 11 is 0. The fraction of sp³-hybridized carbons (Fsp3) is 0.812. The summed E-state index contributed by atoms with van der Waals surface area (Å²) in [4.78, 5) is 7.10. The molecule has 1 saturated carbocycles. The fourth-order valence-electron chi connectivity index (χ4n) is 3.73. The number of fused-ring (bicyclic) bond motifs is 1. The van der Waals surface area contributed by atoms with E-state index in [0.29, 0.717) is 0 Å². The molecular formula is C16H27N3O2S. The highest BCUT2D eigenvalue weighted by Crippen LogP contribution is 2.38. The van der Waals surface area contributed by atoms with Gasteiger partial charge in [-0.15, -0.1) is 0 Å². The molecule has 3 rings (SSSR count). The van der Waals surface area contributed by atoms with Gasteiger partial charge in [-0.3, -0.25) is 4.99 Å². The van der Waals surface area contributed by atoms with Crippen LogP contribution in [0.3, 0.4) is 0 Å². The number of amidine groups is 1. The number of hydrogen-bond acceptors (Lipinski definition) is 4. The van der Waals surface area contributed by atoms with E-state index in [9.17, 15) is 8.42 Å². The van der Waals surface area contributed by atoms with Crippen molar-refractivity contribution in [3.05, 3.63) is 11.3 Å². The predicted molar refractivity (Wildman–Crippen MR) is 89.3 cm³/mol. The fourth-order valence-corrected chi connectivity index (χ4v) is 5.49. The maximum Gasteiger partial charge on any atom is 0.217 e. The number of sulfonamides is 1. The van der Waals surface area contributed by atoms with Crippen LogP contribution in [0.1, 0.15) is 52.9 Å². The van der Waals surface area contributed by atoms with E-state index in [1.165, 1.54) is 11.3 Å². The molecule has 0 bridgehead atoms. The Hall–Kier alpha value is -0.880. The van der Waals surface area contributed by atoms with Gasteiger partial charge in [0.1, 0.15) is 5.84 Å². The molecule has 0 amide bonds. The molecule has 2 aliphatic heterocycles. The highest BCUT2D eigenvalue weighted by atomic mass is 32.2. The predicted octanol–water partition coefficient (Wildman–Crippen LogP) is 2.36. The molecule has 0 unspecified atom stereocenters. The van der Waals surface area contributed by atoms with E-state index in [-0.39, 0.29) is 17.3 Å². The Labute approximate surface area is 134 Å². The zero-order chi connectivity index (χ0) is 16.1. The van der Waals surface area contributed by atoms with Crippen molar-refractivity contribution in [3.8, 4) is 0 Å². The molecule has 2 heterocycles. The van der Waals surface area contributed by atoms with Crippen molar-refractivity contribution in [1.82, 2.24) is 9.21 Å². The summed E-state index contributed by atoms with van der Waals surface area (Å²) in [6.45, 7) is 7.19. The first-order valence-electron chi connectivity index (χ1n) is 8.43. The van der Waals surface area contributed by atoms with Gasteiger partial charge in [-0.25, -0.2) is 8.42 Å². The van der Waals surface area contributed by atoms with Crippen molar-refractivity contribution in [2.45, 2.75) is 70.2 Å². The van der Waals surface area contributed by atoms with Crippen molar-refractivity contribution >= 4 is 15.9 Å². The van der Waals surface area contributed by atoms with E-state index in [2.05, 4.69) is 25.7 Å². The lowest BCUT2D eigenvalue weighted by molar-refractivity contribution is 0.368. The van der Waals surface area contributed by atoms with Gasteiger partial charge in [0.2, 0.25) is 10.0 Å². The molecule has 0 radical (unpaired) electrons. The van der Waals surface area contributed by atoms with Crippen LogP contribution >= 0.6 is 0 Å². The molecule has 1 saturated heterocycles. The molecule has 0 aromatic heterocycles. The van der Waals surface area contributed by atoms with Crippen molar-refractivity contribution in [3.63, 3.8) is 0 Å². The Morgan fingerprint density at radius 3 is 2.50 bits per heavy atom. The molecule has 3 aliphatic rings. The standard InChI is InChI=1S/C16H27N3O2S/c1-5-14-11(3)17-16(6-2)19-10-12(9-15(14)19)18(4)22(20,21)13-7-8-13/h11-13H,5-10H2,1-4H3/t11-,12-/m0/s1. The Kier molecular flexibility index (Phi) is 4.10. The van der Waals surface area contributed by atoms with Gasteiger partial charge < -0.3 is 4.90 Å². The van der Waals surface area contributed by atoms with E-state index in [0.717, 1.165) is 44.5 Å². The van der Waals surface area contributed by atoms with Crippen LogP contribution in [0.25, 0.3) is 0 Å². The second-order valence-corrected chi connectivity index (χ2v) is 8.90. The minimum atomic E-state index is -3.11. The van der Waals surface area contributed by atoms with Gasteiger partial charge in [0.15, 0.2) is 0 Å². The number of rotatable bonds is 5. The maximum atomic E-state index is 12.5. The monoisotopic (exact) mass is 325 g/mol. The van der Waals surface area contributed by atoms with Gasteiger partial charge in [0, 0.05) is 38.2 Å². The average molecular weight is 325 g/mol. The molecule has 1 aliphatic carbocycles. The molecule has 2 atom stereocenters. The van der Waals surface area contributed by atoms with Gasteiger partial charge in [0.05, 0.1) is 11.3 Å². The molecule has 5 nitrogen and oxygen atoms in total. The Bertz CT molecular complexity index is 619. The molecular weight excluding hydrogens is 298 g/mol. The lowest BCUT2D eigenvalue weighted by Crippen LogP contribution is -2.41. The first kappa shape index (κ1) is 16.0. The highest BCUT2D eigenvalue weighted by Gasteiger charge is 2.44. The number of aliphatic imine (C=N–C) groups is 1. The van der Waals surface area contributed by atoms with Gasteiger partial charge in [-0.05, 0) is 31.8 Å². The van der Waals surface area contributed by atoms with Crippen molar-refractivity contribution < 1.29 is 8.42 Å². The van der Waals surface area contributed by atoms with Crippen LogP contribution in [0.4, 0.5) is 0 Å². The number of likely N-dealkylation sites (N-methyl/N-ethyl adjacent to an activating group) is 1. The van der Waals surface area contributed by atoms with E-state index in [1.807, 2.05) is 0 Å². The third-order valence-corrected chi connectivity index (χ3v) is 7.65. The Morgan fingerprint density at radius 1 is 1.27 bits per heavy atom. The lowest BCUT2D eigenvalue weighted by Gasteiger charge is -2.31. The first-order valence-corrected chi connectivity index (χ1v) is 9.93. The van der Waals surface area contributed by atoms with Crippen LogP contribution in [-0.2, 0) is 10.0 Å². The minimum Gasteiger partial charge on any atom is -0.332 e. The van der Waals surface area contributed by atoms with Gasteiger partial charge in [-0.1, -0.05) is 13.8 Å². The van der Waals surface area contributed by atoms with Crippen molar-refractivity contribution in [2.75, 3.05) is 13.6 Å².